The maximum Gasteiger partial charge on any atom is 0.340 e. The van der Waals surface area contributed by atoms with Gasteiger partial charge in [-0.2, -0.15) is 0 Å². The Bertz CT molecular complexity index is 1490. The van der Waals surface area contributed by atoms with Crippen molar-refractivity contribution in [3.8, 4) is 0 Å². The van der Waals surface area contributed by atoms with Crippen molar-refractivity contribution in [2.75, 3.05) is 0 Å². The second-order valence-electron chi connectivity index (χ2n) is 8.57. The van der Waals surface area contributed by atoms with E-state index in [2.05, 4.69) is 66.3 Å². The predicted molar refractivity (Wildman–Crippen MR) is 125 cm³/mol. The lowest BCUT2D eigenvalue weighted by Crippen LogP contribution is -2.31. The molecule has 2 aromatic carbocycles. The number of cyclic esters (lactones) is 1. The SMILES string of the molecule is Cc1c(C2(c3c(C)n(C)c4ccccc34)OC(=O)c3ccncc32)c2ccccc2n1C. The summed E-state index contributed by atoms with van der Waals surface area (Å²) in [5.41, 5.74) is 6.59. The molecule has 0 amide bonds. The molecule has 0 radical (unpaired) electrons. The molecule has 158 valence electrons. The highest BCUT2D eigenvalue weighted by Gasteiger charge is 2.53. The van der Waals surface area contributed by atoms with E-state index < -0.39 is 5.60 Å². The van der Waals surface area contributed by atoms with Gasteiger partial charge in [-0.05, 0) is 32.0 Å². The van der Waals surface area contributed by atoms with Crippen LogP contribution in [0.4, 0.5) is 0 Å². The molecule has 4 heterocycles. The molecule has 32 heavy (non-hydrogen) atoms. The molecule has 0 fully saturated rings. The van der Waals surface area contributed by atoms with Gasteiger partial charge in [0.2, 0.25) is 0 Å². The molecule has 1 aliphatic heterocycles. The molecular formula is C27H23N3O2. The molecule has 0 unspecified atom stereocenters. The summed E-state index contributed by atoms with van der Waals surface area (Å²) in [4.78, 5) is 17.7. The topological polar surface area (TPSA) is 49.1 Å². The maximum absolute atomic E-state index is 13.3. The Labute approximate surface area is 185 Å². The number of rotatable bonds is 2. The van der Waals surface area contributed by atoms with Gasteiger partial charge in [0, 0.05) is 76.4 Å². The number of benzene rings is 2. The van der Waals surface area contributed by atoms with Crippen LogP contribution in [0, 0.1) is 13.8 Å². The van der Waals surface area contributed by atoms with E-state index in [1.165, 1.54) is 0 Å². The third-order valence-corrected chi connectivity index (χ3v) is 7.17. The molecule has 0 atom stereocenters. The van der Waals surface area contributed by atoms with E-state index in [4.69, 9.17) is 4.74 Å². The largest absolute Gasteiger partial charge is 0.440 e. The molecule has 0 N–H and O–H groups in total. The Balaban J connectivity index is 1.87. The van der Waals surface area contributed by atoms with Crippen molar-refractivity contribution in [2.24, 2.45) is 14.1 Å². The fourth-order valence-electron chi connectivity index (χ4n) is 5.53. The van der Waals surface area contributed by atoms with Crippen LogP contribution in [0.25, 0.3) is 21.8 Å². The van der Waals surface area contributed by atoms with Crippen LogP contribution in [0.5, 0.6) is 0 Å². The van der Waals surface area contributed by atoms with Crippen molar-refractivity contribution in [3.63, 3.8) is 0 Å². The van der Waals surface area contributed by atoms with Crippen LogP contribution >= 0.6 is 0 Å². The molecule has 5 heteroatoms. The third kappa shape index (κ3) is 2.13. The number of hydrogen-bond acceptors (Lipinski definition) is 3. The molecular weight excluding hydrogens is 398 g/mol. The van der Waals surface area contributed by atoms with E-state index in [0.29, 0.717) is 5.56 Å². The van der Waals surface area contributed by atoms with Crippen molar-refractivity contribution in [1.82, 2.24) is 14.1 Å². The van der Waals surface area contributed by atoms with Crippen LogP contribution in [-0.2, 0) is 24.4 Å². The number of fused-ring (bicyclic) bond motifs is 3. The number of aryl methyl sites for hydroxylation is 2. The first-order chi connectivity index (χ1) is 15.5. The van der Waals surface area contributed by atoms with Crippen LogP contribution in [0.2, 0.25) is 0 Å². The number of aromatic nitrogens is 3. The second-order valence-corrected chi connectivity index (χ2v) is 8.57. The maximum atomic E-state index is 13.3. The number of hydrogen-bond donors (Lipinski definition) is 0. The molecule has 6 rings (SSSR count). The fraction of sp³-hybridized carbons (Fsp3) is 0.185. The standard InChI is InChI=1S/C27H23N3O2/c1-16-24(19-9-5-7-11-22(19)29(16)3)27(21-15-28-14-13-18(21)26(31)32-27)25-17(2)30(4)23-12-8-6-10-20(23)25/h5-15H,1-4H3. The summed E-state index contributed by atoms with van der Waals surface area (Å²) in [6.45, 7) is 4.19. The Morgan fingerprint density at radius 2 is 1.34 bits per heavy atom. The lowest BCUT2D eigenvalue weighted by atomic mass is 9.78. The summed E-state index contributed by atoms with van der Waals surface area (Å²) < 4.78 is 10.8. The van der Waals surface area contributed by atoms with Gasteiger partial charge in [-0.3, -0.25) is 4.98 Å². The second kappa shape index (κ2) is 6.33. The quantitative estimate of drug-likeness (QED) is 0.371. The van der Waals surface area contributed by atoms with Gasteiger partial charge >= 0.3 is 5.97 Å². The van der Waals surface area contributed by atoms with Gasteiger partial charge in [0.05, 0.1) is 5.56 Å². The highest BCUT2D eigenvalue weighted by Crippen LogP contribution is 2.53. The Hall–Kier alpha value is -3.86. The third-order valence-electron chi connectivity index (χ3n) is 7.17. The lowest BCUT2D eigenvalue weighted by Gasteiger charge is -2.31. The van der Waals surface area contributed by atoms with Crippen LogP contribution in [0.15, 0.2) is 67.0 Å². The number of nitrogens with zero attached hydrogens (tertiary/aromatic N) is 3. The van der Waals surface area contributed by atoms with Crippen LogP contribution in [-0.4, -0.2) is 20.1 Å². The molecule has 0 bridgehead atoms. The van der Waals surface area contributed by atoms with Crippen LogP contribution < -0.4 is 0 Å². The molecule has 5 nitrogen and oxygen atoms in total. The van der Waals surface area contributed by atoms with Crippen molar-refractivity contribution in [3.05, 3.63) is 101 Å². The van der Waals surface area contributed by atoms with Gasteiger partial charge in [-0.25, -0.2) is 4.79 Å². The minimum atomic E-state index is -1.09. The van der Waals surface area contributed by atoms with Gasteiger partial charge in [0.25, 0.3) is 0 Å². The fourth-order valence-corrected chi connectivity index (χ4v) is 5.53. The summed E-state index contributed by atoms with van der Waals surface area (Å²) in [6.07, 6.45) is 3.45. The molecule has 0 saturated heterocycles. The summed E-state index contributed by atoms with van der Waals surface area (Å²) in [6, 6.07) is 18.4. The molecule has 0 saturated carbocycles. The first-order valence-corrected chi connectivity index (χ1v) is 10.7. The van der Waals surface area contributed by atoms with Crippen molar-refractivity contribution < 1.29 is 9.53 Å². The number of esters is 1. The van der Waals surface area contributed by atoms with Crippen molar-refractivity contribution >= 4 is 27.8 Å². The first kappa shape index (κ1) is 18.9. The minimum Gasteiger partial charge on any atom is -0.440 e. The highest BCUT2D eigenvalue weighted by molar-refractivity contribution is 6.01. The zero-order valence-electron chi connectivity index (χ0n) is 18.5. The summed E-state index contributed by atoms with van der Waals surface area (Å²) >= 11 is 0. The van der Waals surface area contributed by atoms with Crippen LogP contribution in [0.1, 0.15) is 38.4 Å². The summed E-state index contributed by atoms with van der Waals surface area (Å²) in [5.74, 6) is -0.318. The van der Waals surface area contributed by atoms with Crippen LogP contribution in [0.3, 0.4) is 0 Å². The van der Waals surface area contributed by atoms with E-state index in [9.17, 15) is 4.79 Å². The van der Waals surface area contributed by atoms with Gasteiger partial charge in [0.1, 0.15) is 0 Å². The van der Waals surface area contributed by atoms with Gasteiger partial charge in [-0.1, -0.05) is 36.4 Å². The average Bonchev–Trinajstić information content (AvgIpc) is 3.36. The van der Waals surface area contributed by atoms with E-state index in [1.807, 2.05) is 24.3 Å². The van der Waals surface area contributed by atoms with E-state index >= 15 is 0 Å². The smallest absolute Gasteiger partial charge is 0.340 e. The average molecular weight is 422 g/mol. The Kier molecular flexibility index (Phi) is 3.73. The molecule has 0 spiro atoms. The minimum absolute atomic E-state index is 0.318. The molecule has 5 aromatic rings. The lowest BCUT2D eigenvalue weighted by molar-refractivity contribution is 0.0255. The van der Waals surface area contributed by atoms with E-state index in [1.54, 1.807) is 18.5 Å². The summed E-state index contributed by atoms with van der Waals surface area (Å²) in [5, 5.41) is 2.15. The van der Waals surface area contributed by atoms with E-state index in [-0.39, 0.29) is 5.97 Å². The summed E-state index contributed by atoms with van der Waals surface area (Å²) in [7, 11) is 4.12. The van der Waals surface area contributed by atoms with Gasteiger partial charge in [0.15, 0.2) is 5.60 Å². The van der Waals surface area contributed by atoms with E-state index in [0.717, 1.165) is 49.9 Å². The zero-order valence-corrected chi connectivity index (χ0v) is 18.5. The van der Waals surface area contributed by atoms with Gasteiger partial charge in [-0.15, -0.1) is 0 Å². The van der Waals surface area contributed by atoms with Gasteiger partial charge < -0.3 is 13.9 Å². The number of ether oxygens (including phenoxy) is 1. The number of carbonyl (C=O) groups excluding carboxylic acids is 1. The normalized spacial score (nSPS) is 14.8. The van der Waals surface area contributed by atoms with Crippen molar-refractivity contribution in [1.29, 1.82) is 0 Å². The molecule has 1 aliphatic rings. The number of carbonyl (C=O) groups is 1. The van der Waals surface area contributed by atoms with Crippen molar-refractivity contribution in [2.45, 2.75) is 19.4 Å². The first-order valence-electron chi connectivity index (χ1n) is 10.7. The number of pyridine rings is 1. The molecule has 0 aliphatic carbocycles. The number of para-hydroxylation sites is 2. The molecule has 3 aromatic heterocycles. The highest BCUT2D eigenvalue weighted by atomic mass is 16.6. The monoisotopic (exact) mass is 421 g/mol. The Morgan fingerprint density at radius 1 is 0.812 bits per heavy atom. The Morgan fingerprint density at radius 3 is 1.91 bits per heavy atom. The predicted octanol–water partition coefficient (Wildman–Crippen LogP) is 5.14. The zero-order chi connectivity index (χ0) is 22.2.